The van der Waals surface area contributed by atoms with Gasteiger partial charge in [-0.3, -0.25) is 0 Å². The van der Waals surface area contributed by atoms with Crippen molar-refractivity contribution in [2.75, 3.05) is 0 Å². The zero-order chi connectivity index (χ0) is 18.2. The molecule has 0 nitrogen and oxygen atoms in total. The Balaban J connectivity index is 1.95. The van der Waals surface area contributed by atoms with E-state index in [9.17, 15) is 0 Å². The Morgan fingerprint density at radius 3 is 1.92 bits per heavy atom. The van der Waals surface area contributed by atoms with Crippen LogP contribution in [-0.4, -0.2) is 10.5 Å². The predicted molar refractivity (Wildman–Crippen MR) is 115 cm³/mol. The van der Waals surface area contributed by atoms with Gasteiger partial charge in [-0.05, 0) is 34.5 Å². The third-order valence-electron chi connectivity index (χ3n) is 6.25. The molecule has 136 valence electrons. The van der Waals surface area contributed by atoms with Gasteiger partial charge in [-0.1, -0.05) is 84.7 Å². The molecule has 2 heteroatoms. The molecule has 0 fully saturated rings. The normalized spacial score (nSPS) is 23.2. The van der Waals surface area contributed by atoms with Crippen molar-refractivity contribution in [2.24, 2.45) is 16.7 Å². The fraction of sp³-hybridized carbons (Fsp3) is 0.565. The molecule has 1 aliphatic carbocycles. The van der Waals surface area contributed by atoms with Crippen LogP contribution >= 0.6 is 23.5 Å². The first-order valence-electron chi connectivity index (χ1n) is 9.61. The lowest BCUT2D eigenvalue weighted by molar-refractivity contribution is 0.0985. The second-order valence-electron chi connectivity index (χ2n) is 8.75. The summed E-state index contributed by atoms with van der Waals surface area (Å²) in [6, 6.07) is 8.86. The summed E-state index contributed by atoms with van der Waals surface area (Å²) in [5.74, 6) is 0.593. The Kier molecular flexibility index (Phi) is 5.52. The van der Waals surface area contributed by atoms with Gasteiger partial charge >= 0.3 is 0 Å². The van der Waals surface area contributed by atoms with Crippen LogP contribution in [0.15, 0.2) is 57.9 Å². The second kappa shape index (κ2) is 7.19. The lowest BCUT2D eigenvalue weighted by atomic mass is 9.59. The van der Waals surface area contributed by atoms with Crippen molar-refractivity contribution in [3.63, 3.8) is 0 Å². The highest BCUT2D eigenvalue weighted by Crippen LogP contribution is 2.53. The smallest absolute Gasteiger partial charge is 0.0438 e. The SMILES string of the molecule is CCC(C)(C)C(C1=CC2Sc3ccccc3SC2C=C1)C(C)(C)CC. The molecule has 0 radical (unpaired) electrons. The van der Waals surface area contributed by atoms with Crippen LogP contribution in [0.2, 0.25) is 0 Å². The minimum atomic E-state index is 0.312. The lowest BCUT2D eigenvalue weighted by Gasteiger charge is -2.46. The standard InChI is InChI=1S/C23H32S2/c1-7-22(3,4)21(23(5,6)8-2)16-13-14-19-20(15-16)25-18-12-10-9-11-17(18)24-19/h9-15,19-21H,7-8H2,1-6H3. The summed E-state index contributed by atoms with van der Waals surface area (Å²) >= 11 is 4.08. The van der Waals surface area contributed by atoms with E-state index < -0.39 is 0 Å². The lowest BCUT2D eigenvalue weighted by Crippen LogP contribution is -2.38. The third-order valence-corrected chi connectivity index (χ3v) is 9.20. The quantitative estimate of drug-likeness (QED) is 0.521. The van der Waals surface area contributed by atoms with Gasteiger partial charge in [0, 0.05) is 20.3 Å². The summed E-state index contributed by atoms with van der Waals surface area (Å²) in [5.41, 5.74) is 2.19. The van der Waals surface area contributed by atoms with Crippen LogP contribution in [0.25, 0.3) is 0 Å². The second-order valence-corrected chi connectivity index (χ2v) is 11.2. The average molecular weight is 373 g/mol. The van der Waals surface area contributed by atoms with E-state index in [1.165, 1.54) is 22.6 Å². The van der Waals surface area contributed by atoms with E-state index in [2.05, 4.69) is 95.8 Å². The summed E-state index contributed by atoms with van der Waals surface area (Å²) in [7, 11) is 0. The van der Waals surface area contributed by atoms with Gasteiger partial charge < -0.3 is 0 Å². The highest BCUT2D eigenvalue weighted by atomic mass is 32.2. The Morgan fingerprint density at radius 2 is 1.40 bits per heavy atom. The van der Waals surface area contributed by atoms with E-state index >= 15 is 0 Å². The van der Waals surface area contributed by atoms with E-state index in [0.29, 0.717) is 27.2 Å². The van der Waals surface area contributed by atoms with Crippen LogP contribution in [0, 0.1) is 16.7 Å². The molecule has 0 aromatic heterocycles. The summed E-state index contributed by atoms with van der Waals surface area (Å²) < 4.78 is 0. The largest absolute Gasteiger partial charge is 0.116 e. The molecular weight excluding hydrogens is 340 g/mol. The summed E-state index contributed by atoms with van der Waals surface area (Å²) in [6.07, 6.45) is 9.94. The maximum atomic E-state index is 2.60. The molecule has 0 saturated carbocycles. The topological polar surface area (TPSA) is 0 Å². The number of thioether (sulfide) groups is 2. The van der Waals surface area contributed by atoms with Crippen molar-refractivity contribution in [2.45, 2.75) is 74.7 Å². The van der Waals surface area contributed by atoms with Crippen LogP contribution in [0.5, 0.6) is 0 Å². The van der Waals surface area contributed by atoms with Gasteiger partial charge in [-0.2, -0.15) is 0 Å². The van der Waals surface area contributed by atoms with E-state index in [1.807, 2.05) is 11.8 Å². The summed E-state index contributed by atoms with van der Waals surface area (Å²) in [5, 5.41) is 1.13. The maximum absolute atomic E-state index is 2.60. The van der Waals surface area contributed by atoms with Crippen LogP contribution in [0.4, 0.5) is 0 Å². The van der Waals surface area contributed by atoms with Gasteiger partial charge in [0.25, 0.3) is 0 Å². The molecule has 0 amide bonds. The third kappa shape index (κ3) is 3.76. The van der Waals surface area contributed by atoms with Crippen molar-refractivity contribution >= 4 is 23.5 Å². The van der Waals surface area contributed by atoms with E-state index in [-0.39, 0.29) is 0 Å². The molecule has 0 saturated heterocycles. The summed E-state index contributed by atoms with van der Waals surface area (Å²) in [6.45, 7) is 14.5. The van der Waals surface area contributed by atoms with Crippen molar-refractivity contribution < 1.29 is 0 Å². The summed E-state index contributed by atoms with van der Waals surface area (Å²) in [4.78, 5) is 2.88. The minimum absolute atomic E-state index is 0.312. The number of benzene rings is 1. The number of hydrogen-bond donors (Lipinski definition) is 0. The van der Waals surface area contributed by atoms with Crippen LogP contribution in [-0.2, 0) is 0 Å². The molecule has 1 aliphatic heterocycles. The van der Waals surface area contributed by atoms with Gasteiger partial charge in [0.2, 0.25) is 0 Å². The van der Waals surface area contributed by atoms with Gasteiger partial charge in [-0.15, -0.1) is 23.5 Å². The highest BCUT2D eigenvalue weighted by Gasteiger charge is 2.42. The van der Waals surface area contributed by atoms with Gasteiger partial charge in [0.15, 0.2) is 0 Å². The molecule has 2 unspecified atom stereocenters. The molecule has 0 N–H and O–H groups in total. The molecule has 2 aliphatic rings. The molecule has 3 rings (SSSR count). The van der Waals surface area contributed by atoms with Gasteiger partial charge in [-0.25, -0.2) is 0 Å². The highest BCUT2D eigenvalue weighted by molar-refractivity contribution is 8.06. The molecule has 0 bridgehead atoms. The zero-order valence-corrected chi connectivity index (χ0v) is 18.1. The molecular formula is C23H32S2. The average Bonchev–Trinajstić information content (AvgIpc) is 2.59. The monoisotopic (exact) mass is 372 g/mol. The Bertz CT molecular complexity index is 665. The number of fused-ring (bicyclic) bond motifs is 2. The van der Waals surface area contributed by atoms with Crippen molar-refractivity contribution in [1.82, 2.24) is 0 Å². The number of rotatable bonds is 5. The van der Waals surface area contributed by atoms with Gasteiger partial charge in [0.1, 0.15) is 0 Å². The first-order valence-corrected chi connectivity index (χ1v) is 11.4. The minimum Gasteiger partial charge on any atom is -0.116 e. The fourth-order valence-electron chi connectivity index (χ4n) is 4.36. The van der Waals surface area contributed by atoms with Crippen molar-refractivity contribution in [3.05, 3.63) is 48.1 Å². The van der Waals surface area contributed by atoms with Crippen LogP contribution in [0.1, 0.15) is 54.4 Å². The Morgan fingerprint density at radius 1 is 0.880 bits per heavy atom. The van der Waals surface area contributed by atoms with E-state index in [4.69, 9.17) is 0 Å². The van der Waals surface area contributed by atoms with Crippen molar-refractivity contribution in [3.8, 4) is 0 Å². The molecule has 1 aromatic rings. The first kappa shape index (κ1) is 19.2. The maximum Gasteiger partial charge on any atom is 0.0438 e. The van der Waals surface area contributed by atoms with Crippen LogP contribution in [0.3, 0.4) is 0 Å². The molecule has 0 spiro atoms. The van der Waals surface area contributed by atoms with Gasteiger partial charge in [0.05, 0.1) is 0 Å². The van der Waals surface area contributed by atoms with E-state index in [0.717, 1.165) is 0 Å². The molecule has 1 heterocycles. The molecule has 2 atom stereocenters. The first-order chi connectivity index (χ1) is 11.8. The van der Waals surface area contributed by atoms with Crippen LogP contribution < -0.4 is 0 Å². The van der Waals surface area contributed by atoms with E-state index in [1.54, 1.807) is 5.57 Å². The number of hydrogen-bond acceptors (Lipinski definition) is 2. The Labute approximate surface area is 162 Å². The van der Waals surface area contributed by atoms with Crippen molar-refractivity contribution in [1.29, 1.82) is 0 Å². The predicted octanol–water partition coefficient (Wildman–Crippen LogP) is 7.61. The molecule has 1 aromatic carbocycles. The fourth-order valence-corrected chi connectivity index (χ4v) is 7.07. The Hall–Kier alpha value is -0.600. The zero-order valence-electron chi connectivity index (χ0n) is 16.5. The number of allylic oxidation sites excluding steroid dienone is 2. The molecule has 25 heavy (non-hydrogen) atoms.